The van der Waals surface area contributed by atoms with Gasteiger partial charge in [0.05, 0.1) is 5.56 Å². The van der Waals surface area contributed by atoms with E-state index in [0.29, 0.717) is 16.3 Å². The third-order valence-electron chi connectivity index (χ3n) is 3.57. The molecule has 0 fully saturated rings. The van der Waals surface area contributed by atoms with Crippen LogP contribution >= 0.6 is 11.3 Å². The highest BCUT2D eigenvalue weighted by atomic mass is 32.1. The maximum absolute atomic E-state index is 11.8. The Hall–Kier alpha value is -2.34. The van der Waals surface area contributed by atoms with Gasteiger partial charge in [-0.25, -0.2) is 0 Å². The Balaban J connectivity index is 2.23. The summed E-state index contributed by atoms with van der Waals surface area (Å²) >= 11 is 1.38. The first-order chi connectivity index (χ1) is 9.97. The van der Waals surface area contributed by atoms with Crippen molar-refractivity contribution < 1.29 is 9.59 Å². The van der Waals surface area contributed by atoms with Crippen molar-refractivity contribution in [1.82, 2.24) is 0 Å². The summed E-state index contributed by atoms with van der Waals surface area (Å²) < 4.78 is 0. The van der Waals surface area contributed by atoms with Gasteiger partial charge in [0.15, 0.2) is 0 Å². The molecule has 0 saturated heterocycles. The number of aryl methyl sites for hydroxylation is 1. The zero-order chi connectivity index (χ0) is 15.1. The smallest absolute Gasteiger partial charge is 0.252 e. The molecule has 1 heterocycles. The molecule has 21 heavy (non-hydrogen) atoms. The molecular formula is C15H15N3O2S. The highest BCUT2D eigenvalue weighted by Crippen LogP contribution is 2.45. The molecule has 1 aromatic heterocycles. The molecule has 5 N–H and O–H groups in total. The van der Waals surface area contributed by atoms with Gasteiger partial charge in [0, 0.05) is 17.5 Å². The highest BCUT2D eigenvalue weighted by Gasteiger charge is 2.27. The van der Waals surface area contributed by atoms with Crippen LogP contribution in [0, 0.1) is 0 Å². The normalized spacial score (nSPS) is 12.4. The summed E-state index contributed by atoms with van der Waals surface area (Å²) in [5.41, 5.74) is 15.6. The van der Waals surface area contributed by atoms with E-state index in [9.17, 15) is 9.59 Å². The number of nitrogen functional groups attached to an aromatic ring is 1. The van der Waals surface area contributed by atoms with E-state index in [1.54, 1.807) is 0 Å². The Morgan fingerprint density at radius 1 is 1.29 bits per heavy atom. The third-order valence-corrected chi connectivity index (χ3v) is 4.75. The van der Waals surface area contributed by atoms with Gasteiger partial charge in [-0.15, -0.1) is 11.3 Å². The zero-order valence-corrected chi connectivity index (χ0v) is 12.3. The number of thiophene rings is 1. The average molecular weight is 301 g/mol. The third kappa shape index (κ3) is 2.27. The van der Waals surface area contributed by atoms with Gasteiger partial charge < -0.3 is 16.8 Å². The van der Waals surface area contributed by atoms with Crippen molar-refractivity contribution in [1.29, 1.82) is 0 Å². The van der Waals surface area contributed by atoms with Crippen molar-refractivity contribution in [2.24, 2.45) is 5.73 Å². The molecule has 0 radical (unpaired) electrons. The molecule has 6 heteroatoms. The number of fused-ring (bicyclic) bond motifs is 3. The molecule has 1 aromatic carbocycles. The molecule has 0 spiro atoms. The number of hydrogen-bond acceptors (Lipinski definition) is 4. The predicted octanol–water partition coefficient (Wildman–Crippen LogP) is 2.15. The Morgan fingerprint density at radius 2 is 2.05 bits per heavy atom. The summed E-state index contributed by atoms with van der Waals surface area (Å²) in [4.78, 5) is 24.1. The van der Waals surface area contributed by atoms with E-state index in [-0.39, 0.29) is 5.91 Å². The quantitative estimate of drug-likeness (QED) is 0.741. The monoisotopic (exact) mass is 301 g/mol. The van der Waals surface area contributed by atoms with Crippen LogP contribution in [0.25, 0.3) is 10.4 Å². The lowest BCUT2D eigenvalue weighted by molar-refractivity contribution is -0.114. The lowest BCUT2D eigenvalue weighted by atomic mass is 9.89. The molecule has 108 valence electrons. The molecule has 5 nitrogen and oxygen atoms in total. The number of carbonyl (C=O) groups excluding carboxylic acids is 2. The van der Waals surface area contributed by atoms with E-state index in [1.165, 1.54) is 23.8 Å². The molecule has 1 aliphatic rings. The van der Waals surface area contributed by atoms with Crippen LogP contribution in [0.4, 0.5) is 10.7 Å². The molecule has 0 aliphatic heterocycles. The summed E-state index contributed by atoms with van der Waals surface area (Å²) in [6.45, 7) is 1.41. The van der Waals surface area contributed by atoms with Crippen molar-refractivity contribution in [2.75, 3.05) is 11.1 Å². The highest BCUT2D eigenvalue weighted by molar-refractivity contribution is 7.20. The maximum atomic E-state index is 11.8. The number of hydrogen-bond donors (Lipinski definition) is 3. The average Bonchev–Trinajstić information content (AvgIpc) is 2.76. The minimum Gasteiger partial charge on any atom is -0.399 e. The lowest BCUT2D eigenvalue weighted by Gasteiger charge is -2.17. The molecule has 0 saturated carbocycles. The summed E-state index contributed by atoms with van der Waals surface area (Å²) in [7, 11) is 0. The lowest BCUT2D eigenvalue weighted by Crippen LogP contribution is -2.17. The Morgan fingerprint density at radius 3 is 2.71 bits per heavy atom. The van der Waals surface area contributed by atoms with Crippen LogP contribution in [0.1, 0.15) is 28.4 Å². The van der Waals surface area contributed by atoms with Crippen molar-refractivity contribution in [3.05, 3.63) is 34.9 Å². The van der Waals surface area contributed by atoms with Crippen LogP contribution in [-0.2, 0) is 17.6 Å². The van der Waals surface area contributed by atoms with Crippen molar-refractivity contribution in [3.8, 4) is 10.4 Å². The number of rotatable bonds is 2. The number of benzene rings is 1. The minimum atomic E-state index is -0.511. The summed E-state index contributed by atoms with van der Waals surface area (Å²) in [6, 6.07) is 5.79. The number of nitrogens with one attached hydrogen (secondary N) is 1. The van der Waals surface area contributed by atoms with E-state index in [4.69, 9.17) is 11.5 Å². The van der Waals surface area contributed by atoms with Crippen LogP contribution in [0.2, 0.25) is 0 Å². The molecule has 0 atom stereocenters. The van der Waals surface area contributed by atoms with Crippen LogP contribution in [0.3, 0.4) is 0 Å². The van der Waals surface area contributed by atoms with E-state index < -0.39 is 5.91 Å². The van der Waals surface area contributed by atoms with Crippen LogP contribution in [0.15, 0.2) is 18.2 Å². The van der Waals surface area contributed by atoms with Crippen LogP contribution < -0.4 is 16.8 Å². The molecule has 2 amide bonds. The van der Waals surface area contributed by atoms with Crippen molar-refractivity contribution in [2.45, 2.75) is 19.8 Å². The van der Waals surface area contributed by atoms with Gasteiger partial charge in [0.1, 0.15) is 5.00 Å². The SMILES string of the molecule is CC(=O)Nc1sc2c(c1C(N)=O)CCc1ccc(N)cc1-2. The fourth-order valence-electron chi connectivity index (χ4n) is 2.71. The van der Waals surface area contributed by atoms with Gasteiger partial charge in [-0.2, -0.15) is 0 Å². The molecule has 2 aromatic rings. The number of carbonyl (C=O) groups is 2. The second-order valence-electron chi connectivity index (χ2n) is 5.08. The fourth-order valence-corrected chi connectivity index (χ4v) is 4.06. The van der Waals surface area contributed by atoms with E-state index in [0.717, 1.165) is 28.8 Å². The molecule has 3 rings (SSSR count). The Bertz CT molecular complexity index is 765. The largest absolute Gasteiger partial charge is 0.399 e. The standard InChI is InChI=1S/C15H15N3O2S/c1-7(19)18-15-12(14(17)20)10-5-3-8-2-4-9(16)6-11(8)13(10)21-15/h2,4,6H,3,5,16H2,1H3,(H2,17,20)(H,18,19). The molecule has 0 unspecified atom stereocenters. The zero-order valence-electron chi connectivity index (χ0n) is 11.5. The van der Waals surface area contributed by atoms with Crippen LogP contribution in [0.5, 0.6) is 0 Å². The van der Waals surface area contributed by atoms with Crippen LogP contribution in [-0.4, -0.2) is 11.8 Å². The van der Waals surface area contributed by atoms with Gasteiger partial charge in [0.25, 0.3) is 5.91 Å². The van der Waals surface area contributed by atoms with E-state index in [1.807, 2.05) is 18.2 Å². The number of anilines is 2. The molecule has 0 bridgehead atoms. The first kappa shape index (κ1) is 13.6. The topological polar surface area (TPSA) is 98.2 Å². The summed E-state index contributed by atoms with van der Waals surface area (Å²) in [5.74, 6) is -0.729. The first-order valence-electron chi connectivity index (χ1n) is 6.59. The van der Waals surface area contributed by atoms with Gasteiger partial charge in [-0.1, -0.05) is 6.07 Å². The Labute approximate surface area is 126 Å². The number of nitrogens with two attached hydrogens (primary N) is 2. The van der Waals surface area contributed by atoms with Gasteiger partial charge in [-0.3, -0.25) is 9.59 Å². The van der Waals surface area contributed by atoms with Gasteiger partial charge in [0.2, 0.25) is 5.91 Å². The maximum Gasteiger partial charge on any atom is 0.252 e. The first-order valence-corrected chi connectivity index (χ1v) is 7.41. The summed E-state index contributed by atoms with van der Waals surface area (Å²) in [6.07, 6.45) is 1.57. The fraction of sp³-hybridized carbons (Fsp3) is 0.200. The Kier molecular flexibility index (Phi) is 3.17. The van der Waals surface area contributed by atoms with Crippen molar-refractivity contribution >= 4 is 33.8 Å². The second-order valence-corrected chi connectivity index (χ2v) is 6.10. The predicted molar refractivity (Wildman–Crippen MR) is 84.4 cm³/mol. The minimum absolute atomic E-state index is 0.219. The molecular weight excluding hydrogens is 286 g/mol. The van der Waals surface area contributed by atoms with Gasteiger partial charge in [-0.05, 0) is 41.7 Å². The number of amides is 2. The van der Waals surface area contributed by atoms with E-state index in [2.05, 4.69) is 5.32 Å². The summed E-state index contributed by atoms with van der Waals surface area (Å²) in [5, 5.41) is 3.23. The molecule has 1 aliphatic carbocycles. The number of primary amides is 1. The van der Waals surface area contributed by atoms with Gasteiger partial charge >= 0.3 is 0 Å². The van der Waals surface area contributed by atoms with Crippen molar-refractivity contribution in [3.63, 3.8) is 0 Å². The van der Waals surface area contributed by atoms with E-state index >= 15 is 0 Å². The second kappa shape index (κ2) is 4.89.